The predicted octanol–water partition coefficient (Wildman–Crippen LogP) is 4.08. The number of rotatable bonds is 5. The summed E-state index contributed by atoms with van der Waals surface area (Å²) in [6.07, 6.45) is 4.56. The van der Waals surface area contributed by atoms with E-state index in [1.165, 1.54) is 24.6 Å². The number of anilines is 2. The Morgan fingerprint density at radius 1 is 1.10 bits per heavy atom. The van der Waals surface area contributed by atoms with Crippen molar-refractivity contribution >= 4 is 39.8 Å². The number of hydrogen-bond donors (Lipinski definition) is 1. The second kappa shape index (κ2) is 9.39. The lowest BCUT2D eigenvalue weighted by Gasteiger charge is -2.23. The second-order valence-corrected chi connectivity index (χ2v) is 8.06. The highest BCUT2D eigenvalue weighted by atomic mass is 35.5. The van der Waals surface area contributed by atoms with Gasteiger partial charge in [-0.15, -0.1) is 0 Å². The van der Waals surface area contributed by atoms with Gasteiger partial charge in [-0.3, -0.25) is 9.59 Å². The quantitative estimate of drug-likeness (QED) is 0.647. The summed E-state index contributed by atoms with van der Waals surface area (Å²) in [5, 5.41) is 9.25. The fraction of sp³-hybridized carbons (Fsp3) is 0.348. The molecule has 1 N–H and O–H groups in total. The Hall–Kier alpha value is -3.06. The molecule has 0 saturated carbocycles. The second-order valence-electron chi connectivity index (χ2n) is 7.63. The van der Waals surface area contributed by atoms with E-state index in [1.54, 1.807) is 24.3 Å². The van der Waals surface area contributed by atoms with Gasteiger partial charge < -0.3 is 15.0 Å². The van der Waals surface area contributed by atoms with Crippen molar-refractivity contribution in [1.29, 1.82) is 0 Å². The molecule has 4 rings (SSSR count). The molecular weight excluding hydrogens is 416 g/mol. The van der Waals surface area contributed by atoms with Crippen molar-refractivity contribution in [2.75, 3.05) is 30.4 Å². The number of benzene rings is 2. The Labute approximate surface area is 185 Å². The van der Waals surface area contributed by atoms with Crippen molar-refractivity contribution in [2.45, 2.75) is 32.2 Å². The molecule has 0 aliphatic carbocycles. The van der Waals surface area contributed by atoms with Gasteiger partial charge in [-0.05, 0) is 37.1 Å². The molecule has 0 radical (unpaired) electrons. The van der Waals surface area contributed by atoms with Crippen molar-refractivity contribution < 1.29 is 9.53 Å². The van der Waals surface area contributed by atoms with Crippen molar-refractivity contribution in [3.63, 3.8) is 0 Å². The minimum absolute atomic E-state index is 0.208. The van der Waals surface area contributed by atoms with Crippen molar-refractivity contribution in [3.05, 3.63) is 57.8 Å². The van der Waals surface area contributed by atoms with Gasteiger partial charge in [-0.2, -0.15) is 5.10 Å². The molecule has 1 aliphatic rings. The number of aromatic nitrogens is 2. The van der Waals surface area contributed by atoms with Gasteiger partial charge in [0, 0.05) is 23.5 Å². The zero-order chi connectivity index (χ0) is 21.8. The third kappa shape index (κ3) is 4.66. The zero-order valence-electron chi connectivity index (χ0n) is 17.4. The number of hydrogen-bond acceptors (Lipinski definition) is 5. The average molecular weight is 441 g/mol. The lowest BCUT2D eigenvalue weighted by molar-refractivity contribution is -0.117. The van der Waals surface area contributed by atoms with E-state index in [0.29, 0.717) is 21.8 Å². The predicted molar refractivity (Wildman–Crippen MR) is 123 cm³/mol. The van der Waals surface area contributed by atoms with E-state index in [9.17, 15) is 9.59 Å². The van der Waals surface area contributed by atoms with Crippen LogP contribution in [0.2, 0.25) is 5.02 Å². The molecule has 0 bridgehead atoms. The van der Waals surface area contributed by atoms with Gasteiger partial charge in [-0.25, -0.2) is 4.68 Å². The number of ether oxygens (including phenoxy) is 1. The number of nitrogens with zero attached hydrogens (tertiary/aromatic N) is 3. The highest BCUT2D eigenvalue weighted by Gasteiger charge is 2.19. The standard InChI is InChI=1S/C23H25ClN4O3/c1-31-20-11-10-16(24)14-19(20)25-21(29)15-28-23(30)18-9-5-4-8-17(18)22(26-28)27-12-6-2-3-7-13-27/h4-5,8-11,14H,2-3,6-7,12-13,15H2,1H3,(H,25,29). The van der Waals surface area contributed by atoms with E-state index in [-0.39, 0.29) is 18.0 Å². The molecule has 1 amide bonds. The summed E-state index contributed by atoms with van der Waals surface area (Å²) >= 11 is 6.05. The molecule has 162 valence electrons. The summed E-state index contributed by atoms with van der Waals surface area (Å²) in [5.74, 6) is 0.860. The summed E-state index contributed by atoms with van der Waals surface area (Å²) in [5.41, 5.74) is 0.156. The van der Waals surface area contributed by atoms with Gasteiger partial charge in [0.1, 0.15) is 12.3 Å². The number of nitrogens with one attached hydrogen (secondary N) is 1. The maximum absolute atomic E-state index is 13.1. The van der Waals surface area contributed by atoms with Crippen LogP contribution in [0.3, 0.4) is 0 Å². The Bertz CT molecular complexity index is 1150. The van der Waals surface area contributed by atoms with Crippen LogP contribution in [0.15, 0.2) is 47.3 Å². The van der Waals surface area contributed by atoms with Crippen LogP contribution in [0.25, 0.3) is 10.8 Å². The van der Waals surface area contributed by atoms with Crippen LogP contribution in [0.5, 0.6) is 5.75 Å². The maximum atomic E-state index is 13.1. The van der Waals surface area contributed by atoms with Gasteiger partial charge in [0.05, 0.1) is 18.2 Å². The molecule has 0 spiro atoms. The number of amides is 1. The molecule has 2 aromatic carbocycles. The summed E-state index contributed by atoms with van der Waals surface area (Å²) < 4.78 is 6.52. The molecule has 2 heterocycles. The van der Waals surface area contributed by atoms with E-state index >= 15 is 0 Å². The highest BCUT2D eigenvalue weighted by molar-refractivity contribution is 6.31. The SMILES string of the molecule is COc1ccc(Cl)cc1NC(=O)Cn1nc(N2CCCCCC2)c2ccccc2c1=O. The number of carbonyl (C=O) groups is 1. The first-order chi connectivity index (χ1) is 15.1. The summed E-state index contributed by atoms with van der Waals surface area (Å²) in [6, 6.07) is 12.4. The van der Waals surface area contributed by atoms with Gasteiger partial charge in [0.25, 0.3) is 5.56 Å². The zero-order valence-corrected chi connectivity index (χ0v) is 18.2. The third-order valence-corrected chi connectivity index (χ3v) is 5.72. The minimum Gasteiger partial charge on any atom is -0.495 e. The lowest BCUT2D eigenvalue weighted by Crippen LogP contribution is -2.33. The molecular formula is C23H25ClN4O3. The van der Waals surface area contributed by atoms with Crippen LogP contribution in [0.1, 0.15) is 25.7 Å². The van der Waals surface area contributed by atoms with Crippen molar-refractivity contribution in [1.82, 2.24) is 9.78 Å². The van der Waals surface area contributed by atoms with Gasteiger partial charge in [0.2, 0.25) is 5.91 Å². The molecule has 31 heavy (non-hydrogen) atoms. The van der Waals surface area contributed by atoms with E-state index < -0.39 is 0 Å². The van der Waals surface area contributed by atoms with E-state index in [0.717, 1.165) is 37.1 Å². The highest BCUT2D eigenvalue weighted by Crippen LogP contribution is 2.28. The van der Waals surface area contributed by atoms with Crippen LogP contribution in [-0.4, -0.2) is 35.9 Å². The Kier molecular flexibility index (Phi) is 6.42. The van der Waals surface area contributed by atoms with E-state index in [2.05, 4.69) is 15.3 Å². The monoisotopic (exact) mass is 440 g/mol. The van der Waals surface area contributed by atoms with Crippen LogP contribution in [0.4, 0.5) is 11.5 Å². The van der Waals surface area contributed by atoms with Crippen LogP contribution in [-0.2, 0) is 11.3 Å². The van der Waals surface area contributed by atoms with Crippen molar-refractivity contribution in [3.8, 4) is 5.75 Å². The van der Waals surface area contributed by atoms with Gasteiger partial charge in [-0.1, -0.05) is 42.6 Å². The smallest absolute Gasteiger partial charge is 0.275 e. The minimum atomic E-state index is -0.382. The van der Waals surface area contributed by atoms with Gasteiger partial charge >= 0.3 is 0 Å². The topological polar surface area (TPSA) is 76.5 Å². The van der Waals surface area contributed by atoms with Gasteiger partial charge in [0.15, 0.2) is 5.82 Å². The van der Waals surface area contributed by atoms with E-state index in [1.807, 2.05) is 18.2 Å². The number of fused-ring (bicyclic) bond motifs is 1. The summed E-state index contributed by atoms with van der Waals surface area (Å²) in [7, 11) is 1.52. The Morgan fingerprint density at radius 3 is 2.52 bits per heavy atom. The first kappa shape index (κ1) is 21.2. The first-order valence-corrected chi connectivity index (χ1v) is 10.8. The molecule has 1 aliphatic heterocycles. The molecule has 1 saturated heterocycles. The van der Waals surface area contributed by atoms with E-state index in [4.69, 9.17) is 16.3 Å². The number of methoxy groups -OCH3 is 1. The van der Waals surface area contributed by atoms with Crippen LogP contribution < -0.4 is 20.5 Å². The maximum Gasteiger partial charge on any atom is 0.275 e. The Balaban J connectivity index is 1.67. The number of halogens is 1. The molecule has 0 atom stereocenters. The average Bonchev–Trinajstić information content (AvgIpc) is 3.05. The molecule has 0 unspecified atom stereocenters. The fourth-order valence-electron chi connectivity index (χ4n) is 3.94. The normalized spacial score (nSPS) is 14.3. The third-order valence-electron chi connectivity index (χ3n) is 5.48. The first-order valence-electron chi connectivity index (χ1n) is 10.4. The fourth-order valence-corrected chi connectivity index (χ4v) is 4.12. The number of carbonyl (C=O) groups excluding carboxylic acids is 1. The molecule has 8 heteroatoms. The molecule has 1 aromatic heterocycles. The van der Waals surface area contributed by atoms with Crippen LogP contribution >= 0.6 is 11.6 Å². The lowest BCUT2D eigenvalue weighted by atomic mass is 10.1. The molecule has 3 aromatic rings. The molecule has 7 nitrogen and oxygen atoms in total. The largest absolute Gasteiger partial charge is 0.495 e. The summed E-state index contributed by atoms with van der Waals surface area (Å²) in [4.78, 5) is 28.0. The van der Waals surface area contributed by atoms with Crippen LogP contribution in [0, 0.1) is 0 Å². The van der Waals surface area contributed by atoms with Crippen molar-refractivity contribution in [2.24, 2.45) is 0 Å². The summed E-state index contributed by atoms with van der Waals surface area (Å²) in [6.45, 7) is 1.57. The Morgan fingerprint density at radius 2 is 1.81 bits per heavy atom. The molecule has 1 fully saturated rings.